The predicted octanol–water partition coefficient (Wildman–Crippen LogP) is -5.13. The van der Waals surface area contributed by atoms with Gasteiger partial charge in [0.2, 0.25) is 0 Å². The molecule has 31 nitrogen and oxygen atoms in total. The van der Waals surface area contributed by atoms with Crippen LogP contribution in [0.25, 0.3) is 0 Å². The van der Waals surface area contributed by atoms with Crippen molar-refractivity contribution >= 4 is 11.9 Å². The summed E-state index contributed by atoms with van der Waals surface area (Å²) >= 11 is 0. The summed E-state index contributed by atoms with van der Waals surface area (Å²) in [6.07, 6.45) is -38.4. The maximum absolute atomic E-state index is 14.2. The highest BCUT2D eigenvalue weighted by molar-refractivity contribution is 5.77. The minimum Gasteiger partial charge on any atom is -0.479 e. The zero-order chi connectivity index (χ0) is 68.1. The quantitative estimate of drug-likeness (QED) is 0.0347. The third kappa shape index (κ3) is 12.7. The second kappa shape index (κ2) is 27.6. The Morgan fingerprint density at radius 1 is 0.591 bits per heavy atom. The van der Waals surface area contributed by atoms with Crippen molar-refractivity contribution in [1.82, 2.24) is 0 Å². The molecule has 534 valence electrons. The molecule has 5 heterocycles. The molecule has 0 amide bonds. The number of aliphatic carboxylic acids is 1. The van der Waals surface area contributed by atoms with E-state index in [0.29, 0.717) is 38.5 Å². The lowest BCUT2D eigenvalue weighted by molar-refractivity contribution is -0.394. The van der Waals surface area contributed by atoms with Gasteiger partial charge in [0.05, 0.1) is 56.8 Å². The number of carbonyl (C=O) groups is 2. The van der Waals surface area contributed by atoms with Crippen LogP contribution in [0.4, 0.5) is 0 Å². The first-order valence-corrected chi connectivity index (χ1v) is 32.5. The molecule has 10 aliphatic rings. The van der Waals surface area contributed by atoms with Crippen LogP contribution in [-0.4, -0.2) is 309 Å². The summed E-state index contributed by atoms with van der Waals surface area (Å²) in [6, 6.07) is 0. The third-order valence-electron chi connectivity index (χ3n) is 24.1. The molecule has 0 aromatic rings. The summed E-state index contributed by atoms with van der Waals surface area (Å²) < 4.78 is 65.3. The highest BCUT2D eigenvalue weighted by atomic mass is 16.8. The second-order valence-electron chi connectivity index (χ2n) is 29.7. The van der Waals surface area contributed by atoms with E-state index < -0.39 is 244 Å². The van der Waals surface area contributed by atoms with Gasteiger partial charge in [-0.25, -0.2) is 4.79 Å². The Labute approximate surface area is 537 Å². The number of carboxylic acid groups (broad SMARTS) is 1. The van der Waals surface area contributed by atoms with Crippen molar-refractivity contribution in [1.29, 1.82) is 0 Å². The largest absolute Gasteiger partial charge is 0.479 e. The number of hydrogen-bond donors (Lipinski definition) is 18. The average molecular weight is 1340 g/mol. The van der Waals surface area contributed by atoms with E-state index >= 15 is 0 Å². The van der Waals surface area contributed by atoms with Crippen molar-refractivity contribution in [2.75, 3.05) is 39.6 Å². The first-order valence-electron chi connectivity index (χ1n) is 32.5. The number of allylic oxidation sites excluding steroid dienone is 2. The molecule has 0 bridgehead atoms. The monoisotopic (exact) mass is 1340 g/mol. The Balaban J connectivity index is 0.855. The van der Waals surface area contributed by atoms with Crippen LogP contribution < -0.4 is 0 Å². The van der Waals surface area contributed by atoms with Crippen LogP contribution >= 0.6 is 0 Å². The summed E-state index contributed by atoms with van der Waals surface area (Å²) in [4.78, 5) is 25.8. The van der Waals surface area contributed by atoms with Gasteiger partial charge >= 0.3 is 11.9 Å². The number of fused-ring (bicyclic) bond motifs is 7. The Morgan fingerprint density at radius 2 is 1.18 bits per heavy atom. The molecule has 9 fully saturated rings. The van der Waals surface area contributed by atoms with E-state index in [1.165, 1.54) is 6.92 Å². The van der Waals surface area contributed by atoms with E-state index in [-0.39, 0.29) is 43.1 Å². The lowest BCUT2D eigenvalue weighted by Crippen LogP contribution is -2.68. The lowest BCUT2D eigenvalue weighted by Gasteiger charge is -2.72. The molecule has 0 spiro atoms. The number of esters is 1. The standard InChI is InChI=1S/C62H100O31/c1-24-35(68)39(72)45(78)52(86-24)93-49-42(75)37(70)29(19-64)88-55(49)89-30-22-84-54(48(38(30)71)92-53-46(79)40(73)36(69)28(18-63)87-53)90-34-11-12-59(5)31(57(34,2)3)10-13-60(6)32(59)9-8-26-27-16-58(4,14-15-62(27,23-65)33(67)17-61(26,60)7)56(82)85-21-25(66)20-83-51-44(77)41(74)43(76)47(91-51)50(80)81/h8,24-25,27-49,51-55,63-79H,9-23H2,1-7H3,(H,80,81)/t24-,25+,27-,28+,29+,30-,31-,32+,33+,34-,35-,36+,37+,38-,39+,40-,41-,42-,43-,44+,45+,46+,47-,48+,49+,51-,52-,53-,54-,55-,58-,59-,60+,61+,62+/m0/s1. The summed E-state index contributed by atoms with van der Waals surface area (Å²) in [6.45, 7) is 10.4. The maximum atomic E-state index is 14.2. The first kappa shape index (κ1) is 73.3. The molecule has 18 N–H and O–H groups in total. The summed E-state index contributed by atoms with van der Waals surface area (Å²) in [5.41, 5.74) is -3.21. The molecule has 4 saturated carbocycles. The molecule has 0 unspecified atom stereocenters. The van der Waals surface area contributed by atoms with Crippen molar-refractivity contribution < 1.29 is 154 Å². The zero-order valence-electron chi connectivity index (χ0n) is 53.4. The number of aliphatic hydroxyl groups is 17. The Morgan fingerprint density at radius 3 is 1.82 bits per heavy atom. The normalized spacial score (nSPS) is 52.6. The van der Waals surface area contributed by atoms with Gasteiger partial charge < -0.3 is 144 Å². The molecule has 93 heavy (non-hydrogen) atoms. The van der Waals surface area contributed by atoms with Gasteiger partial charge in [0.1, 0.15) is 116 Å². The third-order valence-corrected chi connectivity index (χ3v) is 24.1. The molecule has 10 rings (SSSR count). The molecule has 0 aromatic carbocycles. The van der Waals surface area contributed by atoms with E-state index in [9.17, 15) is 102 Å². The number of carboxylic acids is 1. The zero-order valence-corrected chi connectivity index (χ0v) is 53.4. The smallest absolute Gasteiger partial charge is 0.335 e. The molecular formula is C62H100O31. The summed E-state index contributed by atoms with van der Waals surface area (Å²) in [7, 11) is 0. The maximum Gasteiger partial charge on any atom is 0.335 e. The van der Waals surface area contributed by atoms with Gasteiger partial charge in [-0.05, 0) is 111 Å². The SMILES string of the molecule is C[C@@H]1O[C@@H](O[C@H]2[C@H](O[C@H]3CO[C@@H](O[C@H]4CC[C@]5(C)[C@H]6CC=C7[C@@H]8C[C@@](C)(C(=O)OC[C@H](O)CO[C@H]9O[C@H](C(=O)O)[C@@H](O)[C@H](O)[C@H]9O)CC[C@]8(CO)[C@H](O)C[C@@]7(C)[C@]6(C)CC[C@H]5C4(C)C)[C@H](O[C@@H]4O[C@H](CO)[C@@H](O)[C@H](O)[C@H]4O)[C@H]3O)O[C@H](CO)[C@@H](O)[C@@H]2O)[C@H](O)[C@H](O)[C@H]1O. The topological polar surface area (TPSA) is 500 Å². The molecule has 0 radical (unpaired) electrons. The minimum absolute atomic E-state index is 0.0273. The van der Waals surface area contributed by atoms with Crippen LogP contribution in [0.5, 0.6) is 0 Å². The van der Waals surface area contributed by atoms with Gasteiger partial charge in [-0.15, -0.1) is 0 Å². The van der Waals surface area contributed by atoms with Crippen LogP contribution in [0, 0.1) is 50.2 Å². The fourth-order valence-corrected chi connectivity index (χ4v) is 18.2. The van der Waals surface area contributed by atoms with Gasteiger partial charge in [0.15, 0.2) is 37.6 Å². The average Bonchev–Trinajstić information content (AvgIpc) is 0.674. The van der Waals surface area contributed by atoms with E-state index in [1.807, 2.05) is 0 Å². The number of carbonyl (C=O) groups excluding carboxylic acids is 1. The molecule has 5 aliphatic carbocycles. The Kier molecular flexibility index (Phi) is 21.8. The van der Waals surface area contributed by atoms with Crippen LogP contribution in [0.2, 0.25) is 0 Å². The molecular weight excluding hydrogens is 1240 g/mol. The van der Waals surface area contributed by atoms with Crippen LogP contribution in [0.1, 0.15) is 106 Å². The van der Waals surface area contributed by atoms with Crippen LogP contribution in [-0.2, 0) is 61.7 Å². The van der Waals surface area contributed by atoms with Gasteiger partial charge in [0, 0.05) is 5.41 Å². The number of hydrogen-bond acceptors (Lipinski definition) is 30. The molecule has 0 aromatic heterocycles. The van der Waals surface area contributed by atoms with Crippen molar-refractivity contribution in [3.63, 3.8) is 0 Å². The van der Waals surface area contributed by atoms with Crippen LogP contribution in [0.15, 0.2) is 11.6 Å². The first-order chi connectivity index (χ1) is 43.6. The van der Waals surface area contributed by atoms with Gasteiger partial charge in [-0.1, -0.05) is 46.3 Å². The predicted molar refractivity (Wildman–Crippen MR) is 308 cm³/mol. The highest BCUT2D eigenvalue weighted by Crippen LogP contribution is 2.76. The Hall–Kier alpha value is -2.40. The second-order valence-corrected chi connectivity index (χ2v) is 29.7. The van der Waals surface area contributed by atoms with Gasteiger partial charge in [0.25, 0.3) is 0 Å². The van der Waals surface area contributed by atoms with E-state index in [4.69, 9.17) is 52.1 Å². The fraction of sp³-hybridized carbons (Fsp3) is 0.935. The van der Waals surface area contributed by atoms with E-state index in [1.54, 1.807) is 6.92 Å². The van der Waals surface area contributed by atoms with E-state index in [2.05, 4.69) is 40.7 Å². The Bertz CT molecular complexity index is 2620. The van der Waals surface area contributed by atoms with Crippen molar-refractivity contribution in [3.05, 3.63) is 11.6 Å². The number of ether oxygens (including phenoxy) is 11. The van der Waals surface area contributed by atoms with Crippen molar-refractivity contribution in [2.45, 2.75) is 272 Å². The summed E-state index contributed by atoms with van der Waals surface area (Å²) in [5, 5.41) is 194. The summed E-state index contributed by atoms with van der Waals surface area (Å²) in [5.74, 6) is -2.73. The van der Waals surface area contributed by atoms with Gasteiger partial charge in [-0.2, -0.15) is 0 Å². The van der Waals surface area contributed by atoms with Gasteiger partial charge in [-0.3, -0.25) is 4.79 Å². The fourth-order valence-electron chi connectivity index (χ4n) is 18.2. The highest BCUT2D eigenvalue weighted by Gasteiger charge is 2.71. The molecule has 35 atom stereocenters. The van der Waals surface area contributed by atoms with Crippen molar-refractivity contribution in [2.24, 2.45) is 50.2 Å². The molecule has 5 aliphatic heterocycles. The number of rotatable bonds is 18. The molecule has 31 heteroatoms. The van der Waals surface area contributed by atoms with E-state index in [0.717, 1.165) is 5.57 Å². The van der Waals surface area contributed by atoms with Crippen molar-refractivity contribution in [3.8, 4) is 0 Å². The lowest BCUT2D eigenvalue weighted by atomic mass is 9.33. The number of aliphatic hydroxyl groups excluding tert-OH is 17. The van der Waals surface area contributed by atoms with Crippen LogP contribution in [0.3, 0.4) is 0 Å². The minimum atomic E-state index is -1.95. The molecule has 5 saturated heterocycles.